The molecule has 3 N–H and O–H groups in total. The van der Waals surface area contributed by atoms with E-state index in [2.05, 4.69) is 9.72 Å². The van der Waals surface area contributed by atoms with Gasteiger partial charge in [-0.1, -0.05) is 32.8 Å². The lowest BCUT2D eigenvalue weighted by Gasteiger charge is -2.24. The molecule has 0 atom stereocenters. The van der Waals surface area contributed by atoms with E-state index in [1.807, 2.05) is 13.8 Å². The average molecular weight is 424 g/mol. The quantitative estimate of drug-likeness (QED) is 0.609. The summed E-state index contributed by atoms with van der Waals surface area (Å²) in [7, 11) is 0. The number of nitrogen functional groups attached to an aromatic ring is 1. The van der Waals surface area contributed by atoms with Gasteiger partial charge in [0.2, 0.25) is 0 Å². The van der Waals surface area contributed by atoms with E-state index in [0.29, 0.717) is 19.4 Å². The van der Waals surface area contributed by atoms with Gasteiger partial charge in [0.25, 0.3) is 11.5 Å². The van der Waals surface area contributed by atoms with E-state index in [9.17, 15) is 23.2 Å². The Morgan fingerprint density at radius 1 is 1.23 bits per heavy atom. The van der Waals surface area contributed by atoms with Gasteiger partial charge in [0.15, 0.2) is 5.69 Å². The molecule has 0 saturated heterocycles. The SMILES string of the molecule is CCCCN(C(=O)c1cccc(OC(F)F)c1)c1c(N)n(CCCC)c(=O)[nH]c1=O. The lowest BCUT2D eigenvalue weighted by atomic mass is 10.1. The van der Waals surface area contributed by atoms with Crippen LogP contribution < -0.4 is 26.6 Å². The second kappa shape index (κ2) is 10.6. The summed E-state index contributed by atoms with van der Waals surface area (Å²) in [6, 6.07) is 5.30. The summed E-state index contributed by atoms with van der Waals surface area (Å²) in [5, 5.41) is 0. The minimum absolute atomic E-state index is 0.0503. The number of H-pyrrole nitrogens is 1. The number of nitrogens with two attached hydrogens (primary N) is 1. The van der Waals surface area contributed by atoms with Crippen LogP contribution in [0, 0.1) is 0 Å². The first kappa shape index (κ1) is 23.1. The van der Waals surface area contributed by atoms with E-state index in [0.717, 1.165) is 12.8 Å². The highest BCUT2D eigenvalue weighted by atomic mass is 19.3. The van der Waals surface area contributed by atoms with E-state index >= 15 is 0 Å². The van der Waals surface area contributed by atoms with Crippen LogP contribution in [0.3, 0.4) is 0 Å². The molecular weight excluding hydrogens is 398 g/mol. The van der Waals surface area contributed by atoms with Crippen molar-refractivity contribution >= 4 is 17.4 Å². The van der Waals surface area contributed by atoms with Gasteiger partial charge in [0, 0.05) is 18.7 Å². The van der Waals surface area contributed by atoms with Crippen molar-refractivity contribution in [3.8, 4) is 5.75 Å². The van der Waals surface area contributed by atoms with E-state index in [1.54, 1.807) is 0 Å². The van der Waals surface area contributed by atoms with Gasteiger partial charge in [0.05, 0.1) is 0 Å². The van der Waals surface area contributed by atoms with Crippen LogP contribution in [0.15, 0.2) is 33.9 Å². The van der Waals surface area contributed by atoms with Gasteiger partial charge < -0.3 is 15.4 Å². The third-order valence-corrected chi connectivity index (χ3v) is 4.51. The Labute approximate surface area is 172 Å². The molecule has 1 amide bonds. The molecule has 2 aromatic rings. The number of aromatic amines is 1. The van der Waals surface area contributed by atoms with Crippen LogP contribution in [-0.2, 0) is 6.54 Å². The number of hydrogen-bond donors (Lipinski definition) is 2. The molecule has 0 aliphatic heterocycles. The van der Waals surface area contributed by atoms with Crippen LogP contribution in [0.2, 0.25) is 0 Å². The molecule has 164 valence electrons. The van der Waals surface area contributed by atoms with Crippen molar-refractivity contribution < 1.29 is 18.3 Å². The Bertz CT molecular complexity index is 988. The molecule has 30 heavy (non-hydrogen) atoms. The highest BCUT2D eigenvalue weighted by Gasteiger charge is 2.25. The van der Waals surface area contributed by atoms with Crippen LogP contribution in [0.5, 0.6) is 5.75 Å². The zero-order valence-corrected chi connectivity index (χ0v) is 17.0. The molecule has 1 aromatic heterocycles. The largest absolute Gasteiger partial charge is 0.435 e. The maximum Gasteiger partial charge on any atom is 0.387 e. The third-order valence-electron chi connectivity index (χ3n) is 4.51. The molecule has 0 radical (unpaired) electrons. The molecule has 1 aromatic carbocycles. The number of hydrogen-bond acceptors (Lipinski definition) is 5. The molecular formula is C20H26F2N4O4. The van der Waals surface area contributed by atoms with Gasteiger partial charge in [-0.25, -0.2) is 4.79 Å². The summed E-state index contributed by atoms with van der Waals surface area (Å²) < 4.78 is 30.6. The van der Waals surface area contributed by atoms with Crippen molar-refractivity contribution in [1.82, 2.24) is 9.55 Å². The summed E-state index contributed by atoms with van der Waals surface area (Å²) in [5.74, 6) is -0.899. The van der Waals surface area contributed by atoms with Crippen LogP contribution >= 0.6 is 0 Å². The highest BCUT2D eigenvalue weighted by molar-refractivity contribution is 6.07. The number of carbonyl (C=O) groups excluding carboxylic acids is 1. The lowest BCUT2D eigenvalue weighted by molar-refractivity contribution is -0.0498. The molecule has 0 fully saturated rings. The Kier molecular flexibility index (Phi) is 8.14. The van der Waals surface area contributed by atoms with E-state index < -0.39 is 23.8 Å². The summed E-state index contributed by atoms with van der Waals surface area (Å²) in [4.78, 5) is 41.3. The van der Waals surface area contributed by atoms with E-state index in [4.69, 9.17) is 5.73 Å². The van der Waals surface area contributed by atoms with Gasteiger partial charge in [-0.2, -0.15) is 8.78 Å². The first-order chi connectivity index (χ1) is 14.3. The van der Waals surface area contributed by atoms with Gasteiger partial charge in [-0.3, -0.25) is 19.1 Å². The second-order valence-electron chi connectivity index (χ2n) is 6.71. The maximum atomic E-state index is 13.2. The molecule has 0 saturated carbocycles. The fraction of sp³-hybridized carbons (Fsp3) is 0.450. The summed E-state index contributed by atoms with van der Waals surface area (Å²) in [6.45, 7) is 1.27. The first-order valence-electron chi connectivity index (χ1n) is 9.79. The van der Waals surface area contributed by atoms with Gasteiger partial charge in [-0.15, -0.1) is 0 Å². The Morgan fingerprint density at radius 3 is 2.57 bits per heavy atom. The standard InChI is InChI=1S/C20H26F2N4O4/c1-3-5-10-25(18(28)13-8-7-9-14(12-13)30-19(21)22)15-16(23)26(11-6-4-2)20(29)24-17(15)27/h7-9,12,19H,3-6,10-11,23H2,1-2H3,(H,24,27,29). The smallest absolute Gasteiger partial charge is 0.387 e. The van der Waals surface area contributed by atoms with Crippen LogP contribution in [0.25, 0.3) is 0 Å². The van der Waals surface area contributed by atoms with Crippen molar-refractivity contribution in [2.24, 2.45) is 0 Å². The molecule has 2 rings (SSSR count). The number of ether oxygens (including phenoxy) is 1. The van der Waals surface area contributed by atoms with E-state index in [1.165, 1.54) is 33.7 Å². The number of rotatable bonds is 10. The Morgan fingerprint density at radius 2 is 1.93 bits per heavy atom. The van der Waals surface area contributed by atoms with Crippen LogP contribution in [0.4, 0.5) is 20.3 Å². The van der Waals surface area contributed by atoms with Gasteiger partial charge in [-0.05, 0) is 31.0 Å². The number of nitrogens with one attached hydrogen (secondary N) is 1. The fourth-order valence-corrected chi connectivity index (χ4v) is 2.97. The number of unbranched alkanes of at least 4 members (excludes halogenated alkanes) is 2. The Balaban J connectivity index is 2.54. The molecule has 0 aliphatic carbocycles. The number of carbonyl (C=O) groups is 1. The number of alkyl halides is 2. The van der Waals surface area contributed by atoms with Gasteiger partial charge in [0.1, 0.15) is 11.6 Å². The molecule has 0 bridgehead atoms. The molecule has 0 aliphatic rings. The molecule has 10 heteroatoms. The molecule has 1 heterocycles. The molecule has 0 unspecified atom stereocenters. The average Bonchev–Trinajstić information content (AvgIpc) is 2.69. The van der Waals surface area contributed by atoms with Crippen molar-refractivity contribution in [1.29, 1.82) is 0 Å². The number of nitrogens with zero attached hydrogens (tertiary/aromatic N) is 2. The minimum atomic E-state index is -3.04. The lowest BCUT2D eigenvalue weighted by Crippen LogP contribution is -2.41. The van der Waals surface area contributed by atoms with Crippen molar-refractivity contribution in [2.75, 3.05) is 17.2 Å². The first-order valence-corrected chi connectivity index (χ1v) is 9.79. The molecule has 0 spiro atoms. The molecule has 8 nitrogen and oxygen atoms in total. The number of benzene rings is 1. The van der Waals surface area contributed by atoms with Crippen molar-refractivity contribution in [3.05, 3.63) is 50.7 Å². The third kappa shape index (κ3) is 5.46. The zero-order chi connectivity index (χ0) is 22.3. The fourth-order valence-electron chi connectivity index (χ4n) is 2.97. The van der Waals surface area contributed by atoms with Crippen molar-refractivity contribution in [3.63, 3.8) is 0 Å². The highest BCUT2D eigenvalue weighted by Crippen LogP contribution is 2.23. The predicted octanol–water partition coefficient (Wildman–Crippen LogP) is 2.97. The normalized spacial score (nSPS) is 11.0. The zero-order valence-electron chi connectivity index (χ0n) is 17.0. The summed E-state index contributed by atoms with van der Waals surface area (Å²) in [5.41, 5.74) is 4.62. The van der Waals surface area contributed by atoms with Crippen LogP contribution in [0.1, 0.15) is 49.9 Å². The number of amides is 1. The van der Waals surface area contributed by atoms with Crippen molar-refractivity contribution in [2.45, 2.75) is 52.7 Å². The summed E-state index contributed by atoms with van der Waals surface area (Å²) >= 11 is 0. The van der Waals surface area contributed by atoms with E-state index in [-0.39, 0.29) is 29.4 Å². The van der Waals surface area contributed by atoms with Gasteiger partial charge >= 0.3 is 12.3 Å². The number of aromatic nitrogens is 2. The number of halogens is 2. The monoisotopic (exact) mass is 424 g/mol. The minimum Gasteiger partial charge on any atom is -0.435 e. The maximum absolute atomic E-state index is 13.2. The summed E-state index contributed by atoms with van der Waals surface area (Å²) in [6.07, 6.45) is 2.75. The topological polar surface area (TPSA) is 110 Å². The second-order valence-corrected chi connectivity index (χ2v) is 6.71. The predicted molar refractivity (Wildman–Crippen MR) is 110 cm³/mol. The Hall–Kier alpha value is -3.17. The number of anilines is 2. The van der Waals surface area contributed by atoms with Crippen LogP contribution in [-0.4, -0.2) is 28.6 Å².